The lowest BCUT2D eigenvalue weighted by Crippen LogP contribution is -2.40. The predicted octanol–water partition coefficient (Wildman–Crippen LogP) is 2.66. The van der Waals surface area contributed by atoms with Gasteiger partial charge >= 0.3 is 0 Å². The Labute approximate surface area is 165 Å². The van der Waals surface area contributed by atoms with Gasteiger partial charge in [-0.2, -0.15) is 0 Å². The maximum Gasteiger partial charge on any atom is 0.225 e. The topological polar surface area (TPSA) is 87.6 Å². The van der Waals surface area contributed by atoms with Crippen LogP contribution in [-0.4, -0.2) is 36.5 Å². The smallest absolute Gasteiger partial charge is 0.225 e. The van der Waals surface area contributed by atoms with Crippen LogP contribution in [0.1, 0.15) is 37.3 Å². The van der Waals surface area contributed by atoms with Gasteiger partial charge in [0.2, 0.25) is 11.8 Å². The van der Waals surface area contributed by atoms with Gasteiger partial charge in [0.25, 0.3) is 0 Å². The molecular formula is C21H27N5O2. The molecule has 28 heavy (non-hydrogen) atoms. The number of rotatable bonds is 7. The van der Waals surface area contributed by atoms with Crippen molar-refractivity contribution in [3.05, 3.63) is 53.7 Å². The third-order valence-electron chi connectivity index (χ3n) is 4.51. The number of hydrogen-bond acceptors (Lipinski definition) is 4. The van der Waals surface area contributed by atoms with Crippen molar-refractivity contribution in [3.8, 4) is 5.88 Å². The van der Waals surface area contributed by atoms with E-state index in [0.717, 1.165) is 23.4 Å². The van der Waals surface area contributed by atoms with Gasteiger partial charge in [0.05, 0.1) is 13.2 Å². The number of para-hydroxylation sites is 1. The Bertz CT molecular complexity index is 837. The quantitative estimate of drug-likeness (QED) is 0.507. The molecule has 0 saturated carbocycles. The van der Waals surface area contributed by atoms with E-state index in [9.17, 15) is 4.79 Å². The molecule has 1 unspecified atom stereocenters. The van der Waals surface area contributed by atoms with Crippen molar-refractivity contribution in [3.63, 3.8) is 0 Å². The molecule has 1 aromatic heterocycles. The molecule has 0 radical (unpaired) electrons. The fourth-order valence-corrected chi connectivity index (χ4v) is 3.22. The summed E-state index contributed by atoms with van der Waals surface area (Å²) in [5.74, 6) is 1.47. The first-order valence-corrected chi connectivity index (χ1v) is 9.68. The standard InChI is InChI=1S/C21H27N5O2/c1-3-22-21(24-13-15-8-7-11-23-20(15)28-4-2)25-14-16-12-19(27)26-18-10-6-5-9-17(16)18/h5-11,16H,3-4,12-14H2,1-2H3,(H,26,27)(H2,22,24,25). The molecule has 2 aromatic rings. The molecule has 0 bridgehead atoms. The lowest BCUT2D eigenvalue weighted by molar-refractivity contribution is -0.116. The monoisotopic (exact) mass is 381 g/mol. The van der Waals surface area contributed by atoms with Crippen LogP contribution in [0, 0.1) is 0 Å². The predicted molar refractivity (Wildman–Crippen MR) is 111 cm³/mol. The van der Waals surface area contributed by atoms with E-state index in [1.807, 2.05) is 44.2 Å². The average Bonchev–Trinajstić information content (AvgIpc) is 2.71. The van der Waals surface area contributed by atoms with Crippen LogP contribution in [0.2, 0.25) is 0 Å². The van der Waals surface area contributed by atoms with Gasteiger partial charge in [-0.3, -0.25) is 4.79 Å². The summed E-state index contributed by atoms with van der Waals surface area (Å²) in [7, 11) is 0. The molecule has 148 valence electrons. The number of anilines is 1. The Kier molecular flexibility index (Phi) is 6.84. The van der Waals surface area contributed by atoms with Crippen LogP contribution >= 0.6 is 0 Å². The highest BCUT2D eigenvalue weighted by Gasteiger charge is 2.24. The van der Waals surface area contributed by atoms with Crippen molar-refractivity contribution in [2.24, 2.45) is 4.99 Å². The number of fused-ring (bicyclic) bond motifs is 1. The number of aromatic nitrogens is 1. The van der Waals surface area contributed by atoms with E-state index in [4.69, 9.17) is 4.74 Å². The summed E-state index contributed by atoms with van der Waals surface area (Å²) in [6.07, 6.45) is 2.17. The molecule has 1 atom stereocenters. The number of ether oxygens (including phenoxy) is 1. The number of carbonyl (C=O) groups excluding carboxylic acids is 1. The summed E-state index contributed by atoms with van der Waals surface area (Å²) < 4.78 is 5.57. The first-order valence-electron chi connectivity index (χ1n) is 9.68. The van der Waals surface area contributed by atoms with E-state index in [1.165, 1.54) is 0 Å². The van der Waals surface area contributed by atoms with Crippen molar-refractivity contribution in [2.75, 3.05) is 25.0 Å². The molecule has 0 fully saturated rings. The highest BCUT2D eigenvalue weighted by atomic mass is 16.5. The Balaban J connectivity index is 1.69. The van der Waals surface area contributed by atoms with Crippen molar-refractivity contribution in [1.29, 1.82) is 0 Å². The zero-order chi connectivity index (χ0) is 19.8. The minimum Gasteiger partial charge on any atom is -0.478 e. The Morgan fingerprint density at radius 1 is 1.25 bits per heavy atom. The lowest BCUT2D eigenvalue weighted by Gasteiger charge is -2.26. The zero-order valence-electron chi connectivity index (χ0n) is 16.4. The second-order valence-corrected chi connectivity index (χ2v) is 6.51. The van der Waals surface area contributed by atoms with Crippen LogP contribution in [0.4, 0.5) is 5.69 Å². The fourth-order valence-electron chi connectivity index (χ4n) is 3.22. The first kappa shape index (κ1) is 19.7. The number of nitrogens with zero attached hydrogens (tertiary/aromatic N) is 2. The third-order valence-corrected chi connectivity index (χ3v) is 4.51. The van der Waals surface area contributed by atoms with E-state index in [1.54, 1.807) is 6.20 Å². The molecule has 7 heteroatoms. The number of carbonyl (C=O) groups is 1. The number of nitrogens with one attached hydrogen (secondary N) is 3. The number of hydrogen-bond donors (Lipinski definition) is 3. The number of benzene rings is 1. The summed E-state index contributed by atoms with van der Waals surface area (Å²) in [6, 6.07) is 11.8. The van der Waals surface area contributed by atoms with Gasteiger partial charge in [-0.15, -0.1) is 0 Å². The van der Waals surface area contributed by atoms with Gasteiger partial charge in [-0.1, -0.05) is 24.3 Å². The lowest BCUT2D eigenvalue weighted by atomic mass is 9.90. The number of aliphatic imine (C=N–C) groups is 1. The van der Waals surface area contributed by atoms with Crippen LogP contribution in [-0.2, 0) is 11.3 Å². The van der Waals surface area contributed by atoms with Crippen molar-refractivity contribution in [2.45, 2.75) is 32.7 Å². The Hall–Kier alpha value is -3.09. The van der Waals surface area contributed by atoms with Crippen molar-refractivity contribution in [1.82, 2.24) is 15.6 Å². The normalized spacial score (nSPS) is 16.1. The molecule has 2 heterocycles. The molecule has 3 N–H and O–H groups in total. The van der Waals surface area contributed by atoms with Gasteiger partial charge in [-0.05, 0) is 31.5 Å². The van der Waals surface area contributed by atoms with E-state index >= 15 is 0 Å². The summed E-state index contributed by atoms with van der Waals surface area (Å²) in [6.45, 7) is 6.36. The van der Waals surface area contributed by atoms with E-state index in [0.29, 0.717) is 38.0 Å². The molecule has 0 saturated heterocycles. The van der Waals surface area contributed by atoms with Gasteiger partial charge in [-0.25, -0.2) is 9.98 Å². The van der Waals surface area contributed by atoms with E-state index in [2.05, 4.69) is 32.0 Å². The number of pyridine rings is 1. The second kappa shape index (κ2) is 9.73. The van der Waals surface area contributed by atoms with Crippen molar-refractivity contribution >= 4 is 17.6 Å². The summed E-state index contributed by atoms with van der Waals surface area (Å²) in [5.41, 5.74) is 2.98. The molecule has 3 rings (SSSR count). The summed E-state index contributed by atoms with van der Waals surface area (Å²) >= 11 is 0. The van der Waals surface area contributed by atoms with Crippen LogP contribution in [0.3, 0.4) is 0 Å². The molecule has 1 aliphatic heterocycles. The zero-order valence-corrected chi connectivity index (χ0v) is 16.4. The van der Waals surface area contributed by atoms with Gasteiger partial charge in [0.1, 0.15) is 0 Å². The third kappa shape index (κ3) is 5.00. The van der Waals surface area contributed by atoms with Gasteiger partial charge in [0, 0.05) is 42.9 Å². The minimum absolute atomic E-state index is 0.0455. The molecular weight excluding hydrogens is 354 g/mol. The minimum atomic E-state index is 0.0455. The molecule has 1 aromatic carbocycles. The maximum atomic E-state index is 12.0. The largest absolute Gasteiger partial charge is 0.478 e. The summed E-state index contributed by atoms with van der Waals surface area (Å²) in [4.78, 5) is 20.9. The van der Waals surface area contributed by atoms with Crippen molar-refractivity contribution < 1.29 is 9.53 Å². The van der Waals surface area contributed by atoms with Gasteiger partial charge in [0.15, 0.2) is 5.96 Å². The highest BCUT2D eigenvalue weighted by molar-refractivity contribution is 5.94. The van der Waals surface area contributed by atoms with Gasteiger partial charge < -0.3 is 20.7 Å². The molecule has 1 aliphatic rings. The maximum absolute atomic E-state index is 12.0. The molecule has 1 amide bonds. The molecule has 7 nitrogen and oxygen atoms in total. The number of guanidine groups is 1. The van der Waals surface area contributed by atoms with Crippen LogP contribution < -0.4 is 20.7 Å². The van der Waals surface area contributed by atoms with Crippen LogP contribution in [0.15, 0.2) is 47.6 Å². The Morgan fingerprint density at radius 3 is 2.93 bits per heavy atom. The van der Waals surface area contributed by atoms with Crippen LogP contribution in [0.5, 0.6) is 5.88 Å². The SMILES string of the molecule is CCNC(=NCc1cccnc1OCC)NCC1CC(=O)Nc2ccccc21. The summed E-state index contributed by atoms with van der Waals surface area (Å²) in [5, 5.41) is 9.56. The van der Waals surface area contributed by atoms with Crippen LogP contribution in [0.25, 0.3) is 0 Å². The molecule has 0 spiro atoms. The number of amides is 1. The highest BCUT2D eigenvalue weighted by Crippen LogP contribution is 2.31. The van der Waals surface area contributed by atoms with E-state index in [-0.39, 0.29) is 11.8 Å². The fraction of sp³-hybridized carbons (Fsp3) is 0.381. The molecule has 0 aliphatic carbocycles. The average molecular weight is 381 g/mol. The van der Waals surface area contributed by atoms with E-state index < -0.39 is 0 Å². The second-order valence-electron chi connectivity index (χ2n) is 6.51. The first-order chi connectivity index (χ1) is 13.7. The Morgan fingerprint density at radius 2 is 2.11 bits per heavy atom.